The van der Waals surface area contributed by atoms with Crippen molar-refractivity contribution in [2.45, 2.75) is 58.0 Å². The zero-order valence-electron chi connectivity index (χ0n) is 17.5. The minimum atomic E-state index is -0.417. The lowest BCUT2D eigenvalue weighted by Gasteiger charge is -2.22. The molecule has 0 bridgehead atoms. The Hall–Kier alpha value is -2.95. The first-order chi connectivity index (χ1) is 14.6. The second-order valence-corrected chi connectivity index (χ2v) is 8.49. The van der Waals surface area contributed by atoms with Crippen molar-refractivity contribution >= 4 is 5.78 Å². The molecule has 2 aromatic heterocycles. The summed E-state index contributed by atoms with van der Waals surface area (Å²) in [4.78, 5) is 25.9. The van der Waals surface area contributed by atoms with Gasteiger partial charge in [0, 0.05) is 18.5 Å². The van der Waals surface area contributed by atoms with Crippen LogP contribution in [0.4, 0.5) is 0 Å². The number of nitrogens with zero attached hydrogens (tertiary/aromatic N) is 3. The van der Waals surface area contributed by atoms with E-state index in [4.69, 9.17) is 0 Å². The number of benzene rings is 1. The minimum absolute atomic E-state index is 0.0690. The number of aromatic nitrogens is 3. The van der Waals surface area contributed by atoms with E-state index in [1.54, 1.807) is 16.7 Å². The van der Waals surface area contributed by atoms with Crippen molar-refractivity contribution in [2.24, 2.45) is 5.92 Å². The maximum atomic E-state index is 13.3. The predicted molar refractivity (Wildman–Crippen MR) is 118 cm³/mol. The topological polar surface area (TPSA) is 56.9 Å². The standard InChI is InChI=1S/C25H29N3O2/c1-19-11-12-25(30)28(17-19)23(15-20-7-5-6-8-20)24(29)16-22-13-14-27(26-22)18-21-9-3-2-4-10-21/h2-4,9-14,17,20,23H,5-8,15-16,18H2,1H3/t23-/m0/s1. The molecule has 1 atom stereocenters. The van der Waals surface area contributed by atoms with Gasteiger partial charge in [-0.3, -0.25) is 14.3 Å². The second-order valence-electron chi connectivity index (χ2n) is 8.49. The molecule has 156 valence electrons. The molecule has 1 fully saturated rings. The van der Waals surface area contributed by atoms with Crippen LogP contribution in [0.1, 0.15) is 55.0 Å². The number of carbonyl (C=O) groups excluding carboxylic acids is 1. The van der Waals surface area contributed by atoms with Crippen molar-refractivity contribution in [2.75, 3.05) is 0 Å². The number of hydrogen-bond acceptors (Lipinski definition) is 3. The largest absolute Gasteiger partial charge is 0.305 e. The van der Waals surface area contributed by atoms with E-state index in [2.05, 4.69) is 17.2 Å². The van der Waals surface area contributed by atoms with E-state index in [1.165, 1.54) is 18.4 Å². The Kier molecular flexibility index (Phi) is 6.26. The number of pyridine rings is 1. The number of rotatable bonds is 8. The lowest BCUT2D eigenvalue weighted by atomic mass is 9.93. The molecule has 0 N–H and O–H groups in total. The van der Waals surface area contributed by atoms with Gasteiger partial charge in [0.25, 0.3) is 5.56 Å². The van der Waals surface area contributed by atoms with E-state index in [0.717, 1.165) is 30.5 Å². The molecule has 0 saturated heterocycles. The van der Waals surface area contributed by atoms with Crippen molar-refractivity contribution in [3.63, 3.8) is 0 Å². The normalized spacial score (nSPS) is 15.4. The summed E-state index contributed by atoms with van der Waals surface area (Å²) in [6, 6.07) is 15.0. The molecule has 0 amide bonds. The molecule has 4 rings (SSSR count). The van der Waals surface area contributed by atoms with E-state index >= 15 is 0 Å². The summed E-state index contributed by atoms with van der Waals surface area (Å²) in [5, 5.41) is 4.60. The fourth-order valence-corrected chi connectivity index (χ4v) is 4.47. The number of hydrogen-bond donors (Lipinski definition) is 0. The molecule has 0 spiro atoms. The average Bonchev–Trinajstić information content (AvgIpc) is 3.41. The lowest BCUT2D eigenvalue weighted by Crippen LogP contribution is -2.31. The van der Waals surface area contributed by atoms with Crippen LogP contribution >= 0.6 is 0 Å². The molecule has 0 unspecified atom stereocenters. The lowest BCUT2D eigenvalue weighted by molar-refractivity contribution is -0.122. The van der Waals surface area contributed by atoms with Crippen LogP contribution in [0.25, 0.3) is 0 Å². The van der Waals surface area contributed by atoms with Gasteiger partial charge >= 0.3 is 0 Å². The van der Waals surface area contributed by atoms with Crippen LogP contribution in [0.2, 0.25) is 0 Å². The third-order valence-electron chi connectivity index (χ3n) is 6.06. The van der Waals surface area contributed by atoms with Crippen LogP contribution in [-0.4, -0.2) is 20.1 Å². The summed E-state index contributed by atoms with van der Waals surface area (Å²) in [5.74, 6) is 0.585. The fourth-order valence-electron chi connectivity index (χ4n) is 4.47. The maximum Gasteiger partial charge on any atom is 0.251 e. The van der Waals surface area contributed by atoms with Gasteiger partial charge in [-0.1, -0.05) is 62.1 Å². The van der Waals surface area contributed by atoms with E-state index in [1.807, 2.05) is 48.3 Å². The van der Waals surface area contributed by atoms with Gasteiger partial charge in [0.15, 0.2) is 5.78 Å². The minimum Gasteiger partial charge on any atom is -0.305 e. The maximum absolute atomic E-state index is 13.3. The molecule has 1 aliphatic carbocycles. The number of ketones is 1. The molecule has 30 heavy (non-hydrogen) atoms. The van der Waals surface area contributed by atoms with Crippen LogP contribution in [0.15, 0.2) is 65.7 Å². The van der Waals surface area contributed by atoms with Gasteiger partial charge in [-0.15, -0.1) is 0 Å². The first-order valence-electron chi connectivity index (χ1n) is 10.9. The van der Waals surface area contributed by atoms with Crippen LogP contribution < -0.4 is 5.56 Å². The number of carbonyl (C=O) groups is 1. The first kappa shape index (κ1) is 20.3. The highest BCUT2D eigenvalue weighted by molar-refractivity contribution is 5.84. The molecular formula is C25H29N3O2. The molecular weight excluding hydrogens is 374 g/mol. The molecule has 3 aromatic rings. The molecule has 1 saturated carbocycles. The molecule has 5 heteroatoms. The predicted octanol–water partition coefficient (Wildman–Crippen LogP) is 4.33. The smallest absolute Gasteiger partial charge is 0.251 e. The van der Waals surface area contributed by atoms with Gasteiger partial charge in [0.1, 0.15) is 0 Å². The quantitative estimate of drug-likeness (QED) is 0.562. The van der Waals surface area contributed by atoms with Gasteiger partial charge < -0.3 is 4.57 Å². The van der Waals surface area contributed by atoms with Crippen molar-refractivity contribution in [3.8, 4) is 0 Å². The van der Waals surface area contributed by atoms with E-state index in [0.29, 0.717) is 12.5 Å². The third-order valence-corrected chi connectivity index (χ3v) is 6.06. The van der Waals surface area contributed by atoms with Crippen molar-refractivity contribution < 1.29 is 4.79 Å². The summed E-state index contributed by atoms with van der Waals surface area (Å²) >= 11 is 0. The Bertz CT molecular complexity index is 1050. The van der Waals surface area contributed by atoms with Gasteiger partial charge in [0.2, 0.25) is 0 Å². The summed E-state index contributed by atoms with van der Waals surface area (Å²) in [5.41, 5.74) is 2.81. The highest BCUT2D eigenvalue weighted by Crippen LogP contribution is 2.32. The monoisotopic (exact) mass is 403 g/mol. The van der Waals surface area contributed by atoms with Gasteiger partial charge in [-0.05, 0) is 36.5 Å². The van der Waals surface area contributed by atoms with Crippen LogP contribution in [0.5, 0.6) is 0 Å². The highest BCUT2D eigenvalue weighted by atomic mass is 16.1. The van der Waals surface area contributed by atoms with Gasteiger partial charge in [-0.25, -0.2) is 0 Å². The van der Waals surface area contributed by atoms with Gasteiger partial charge in [0.05, 0.1) is 24.7 Å². The Balaban J connectivity index is 1.51. The molecule has 0 radical (unpaired) electrons. The highest BCUT2D eigenvalue weighted by Gasteiger charge is 2.27. The first-order valence-corrected chi connectivity index (χ1v) is 10.9. The molecule has 2 heterocycles. The molecule has 1 aromatic carbocycles. The van der Waals surface area contributed by atoms with E-state index < -0.39 is 6.04 Å². The third kappa shape index (κ3) is 4.96. The van der Waals surface area contributed by atoms with Crippen molar-refractivity contribution in [3.05, 3.63) is 88.1 Å². The van der Waals surface area contributed by atoms with Crippen LogP contribution in [-0.2, 0) is 17.8 Å². The Morgan fingerprint density at radius 3 is 2.63 bits per heavy atom. The van der Waals surface area contributed by atoms with Gasteiger partial charge in [-0.2, -0.15) is 5.10 Å². The van der Waals surface area contributed by atoms with Crippen molar-refractivity contribution in [1.82, 2.24) is 14.3 Å². The average molecular weight is 404 g/mol. The Labute approximate surface area is 177 Å². The van der Waals surface area contributed by atoms with E-state index in [-0.39, 0.29) is 17.8 Å². The van der Waals surface area contributed by atoms with Crippen LogP contribution in [0, 0.1) is 12.8 Å². The van der Waals surface area contributed by atoms with Crippen molar-refractivity contribution in [1.29, 1.82) is 0 Å². The van der Waals surface area contributed by atoms with E-state index in [9.17, 15) is 9.59 Å². The number of aryl methyl sites for hydroxylation is 1. The summed E-state index contributed by atoms with van der Waals surface area (Å²) < 4.78 is 3.51. The Morgan fingerprint density at radius 1 is 1.10 bits per heavy atom. The fraction of sp³-hybridized carbons (Fsp3) is 0.400. The SMILES string of the molecule is Cc1ccc(=O)n([C@@H](CC2CCCC2)C(=O)Cc2ccn(Cc3ccccc3)n2)c1. The second kappa shape index (κ2) is 9.24. The molecule has 0 aliphatic heterocycles. The molecule has 1 aliphatic rings. The summed E-state index contributed by atoms with van der Waals surface area (Å²) in [7, 11) is 0. The summed E-state index contributed by atoms with van der Waals surface area (Å²) in [6.45, 7) is 2.64. The summed E-state index contributed by atoms with van der Waals surface area (Å²) in [6.07, 6.45) is 9.48. The zero-order valence-corrected chi connectivity index (χ0v) is 17.5. The number of Topliss-reactive ketones (excluding diaryl/α,β-unsaturated/α-hetero) is 1. The van der Waals surface area contributed by atoms with Crippen LogP contribution in [0.3, 0.4) is 0 Å². The zero-order chi connectivity index (χ0) is 20.9. The molecule has 5 nitrogen and oxygen atoms in total. The Morgan fingerprint density at radius 2 is 1.87 bits per heavy atom.